The molecule has 0 bridgehead atoms. The Morgan fingerprint density at radius 3 is 2.38 bits per heavy atom. The highest BCUT2D eigenvalue weighted by Gasteiger charge is 2.18. The highest BCUT2D eigenvalue weighted by Crippen LogP contribution is 2.17. The maximum Gasteiger partial charge on any atom is 0.111 e. The topological polar surface area (TPSA) is 59.1 Å². The van der Waals surface area contributed by atoms with E-state index in [1.54, 1.807) is 12.3 Å². The molecule has 94 valence electrons. The van der Waals surface area contributed by atoms with E-state index in [9.17, 15) is 5.11 Å². The van der Waals surface area contributed by atoms with Crippen molar-refractivity contribution in [1.29, 1.82) is 0 Å². The number of aromatic nitrogens is 1. The molecule has 0 aromatic carbocycles. The average molecular weight is 267 g/mol. The highest BCUT2D eigenvalue weighted by molar-refractivity contribution is 5.85. The zero-order chi connectivity index (χ0) is 10.6. The lowest BCUT2D eigenvalue weighted by Gasteiger charge is -2.19. The van der Waals surface area contributed by atoms with Crippen molar-refractivity contribution < 1.29 is 5.11 Å². The van der Waals surface area contributed by atoms with Crippen LogP contribution in [0.2, 0.25) is 0 Å². The lowest BCUT2D eigenvalue weighted by Crippen LogP contribution is -2.30. The van der Waals surface area contributed by atoms with Gasteiger partial charge in [0.15, 0.2) is 0 Å². The molecule has 2 atom stereocenters. The van der Waals surface area contributed by atoms with Crippen molar-refractivity contribution in [2.24, 2.45) is 11.7 Å². The van der Waals surface area contributed by atoms with Crippen LogP contribution in [0, 0.1) is 5.92 Å². The molecule has 1 heterocycles. The molecule has 5 heteroatoms. The second-order valence-corrected chi connectivity index (χ2v) is 3.99. The first-order chi connectivity index (χ1) is 6.61. The standard InChI is InChI=1S/C11H18N2O.2ClH/c1-8(2)7-9(12)11(14)10-5-3-4-6-13-10;;/h3-6,8-9,11,14H,7,12H2,1-2H3;2*1H/t9-,11+;;/m0../s1. The van der Waals surface area contributed by atoms with Crippen LogP contribution in [0.15, 0.2) is 24.4 Å². The van der Waals surface area contributed by atoms with Crippen LogP contribution in [0.25, 0.3) is 0 Å². The lowest BCUT2D eigenvalue weighted by molar-refractivity contribution is 0.131. The summed E-state index contributed by atoms with van der Waals surface area (Å²) in [5, 5.41) is 9.85. The summed E-state index contributed by atoms with van der Waals surface area (Å²) < 4.78 is 0. The minimum absolute atomic E-state index is 0. The predicted molar refractivity (Wildman–Crippen MR) is 71.1 cm³/mol. The Morgan fingerprint density at radius 1 is 1.31 bits per heavy atom. The number of nitrogens with zero attached hydrogens (tertiary/aromatic N) is 1. The molecule has 1 aromatic rings. The second kappa shape index (κ2) is 8.76. The van der Waals surface area contributed by atoms with E-state index in [4.69, 9.17) is 5.73 Å². The maximum absolute atomic E-state index is 9.85. The van der Waals surface area contributed by atoms with Gasteiger partial charge in [0.1, 0.15) is 6.10 Å². The number of rotatable bonds is 4. The van der Waals surface area contributed by atoms with Crippen LogP contribution in [0.3, 0.4) is 0 Å². The summed E-state index contributed by atoms with van der Waals surface area (Å²) >= 11 is 0. The predicted octanol–water partition coefficient (Wildman–Crippen LogP) is 2.33. The van der Waals surface area contributed by atoms with Gasteiger partial charge in [-0.15, -0.1) is 24.8 Å². The third-order valence-electron chi connectivity index (χ3n) is 2.14. The summed E-state index contributed by atoms with van der Waals surface area (Å²) in [4.78, 5) is 4.08. The van der Waals surface area contributed by atoms with E-state index in [-0.39, 0.29) is 30.9 Å². The van der Waals surface area contributed by atoms with Crippen molar-refractivity contribution in [1.82, 2.24) is 4.98 Å². The summed E-state index contributed by atoms with van der Waals surface area (Å²) in [6, 6.07) is 5.24. The molecule has 3 nitrogen and oxygen atoms in total. The van der Waals surface area contributed by atoms with E-state index in [1.165, 1.54) is 0 Å². The Morgan fingerprint density at radius 2 is 1.94 bits per heavy atom. The van der Waals surface area contributed by atoms with Gasteiger partial charge in [0.2, 0.25) is 0 Å². The van der Waals surface area contributed by atoms with Gasteiger partial charge in [-0.1, -0.05) is 19.9 Å². The average Bonchev–Trinajstić information content (AvgIpc) is 2.17. The SMILES string of the molecule is CC(C)C[C@H](N)[C@@H](O)c1ccccn1.Cl.Cl. The molecular formula is C11H20Cl2N2O. The number of hydrogen-bond acceptors (Lipinski definition) is 3. The highest BCUT2D eigenvalue weighted by atomic mass is 35.5. The van der Waals surface area contributed by atoms with Crippen LogP contribution in [0.1, 0.15) is 32.1 Å². The Labute approximate surface area is 109 Å². The molecule has 0 aliphatic heterocycles. The molecule has 0 aliphatic carbocycles. The van der Waals surface area contributed by atoms with E-state index >= 15 is 0 Å². The van der Waals surface area contributed by atoms with Gasteiger partial charge in [-0.05, 0) is 24.5 Å². The van der Waals surface area contributed by atoms with Gasteiger partial charge >= 0.3 is 0 Å². The molecule has 1 rings (SSSR count). The van der Waals surface area contributed by atoms with Gasteiger partial charge in [-0.25, -0.2) is 0 Å². The van der Waals surface area contributed by atoms with Crippen LogP contribution in [-0.4, -0.2) is 16.1 Å². The molecular weight excluding hydrogens is 247 g/mol. The number of pyridine rings is 1. The Hall–Kier alpha value is -0.350. The minimum Gasteiger partial charge on any atom is -0.385 e. The van der Waals surface area contributed by atoms with Crippen molar-refractivity contribution in [3.05, 3.63) is 30.1 Å². The summed E-state index contributed by atoms with van der Waals surface area (Å²) in [5.74, 6) is 0.489. The Kier molecular flexibility index (Phi) is 9.87. The summed E-state index contributed by atoms with van der Waals surface area (Å²) in [6.07, 6.45) is 1.82. The number of aliphatic hydroxyl groups is 1. The Balaban J connectivity index is 0. The maximum atomic E-state index is 9.85. The number of aliphatic hydroxyl groups excluding tert-OH is 1. The fourth-order valence-electron chi connectivity index (χ4n) is 1.44. The molecule has 0 unspecified atom stereocenters. The van der Waals surface area contributed by atoms with Crippen molar-refractivity contribution in [2.45, 2.75) is 32.4 Å². The van der Waals surface area contributed by atoms with Gasteiger partial charge in [-0.2, -0.15) is 0 Å². The van der Waals surface area contributed by atoms with E-state index in [2.05, 4.69) is 18.8 Å². The van der Waals surface area contributed by atoms with Crippen LogP contribution < -0.4 is 5.73 Å². The molecule has 16 heavy (non-hydrogen) atoms. The molecule has 0 saturated heterocycles. The molecule has 0 spiro atoms. The van der Waals surface area contributed by atoms with Gasteiger partial charge in [0.25, 0.3) is 0 Å². The molecule has 0 fully saturated rings. The fraction of sp³-hybridized carbons (Fsp3) is 0.545. The largest absolute Gasteiger partial charge is 0.385 e. The number of nitrogens with two attached hydrogens (primary N) is 1. The summed E-state index contributed by atoms with van der Waals surface area (Å²) in [6.45, 7) is 4.18. The van der Waals surface area contributed by atoms with Gasteiger partial charge < -0.3 is 10.8 Å². The third-order valence-corrected chi connectivity index (χ3v) is 2.14. The van der Waals surface area contributed by atoms with Crippen molar-refractivity contribution >= 4 is 24.8 Å². The molecule has 0 aliphatic rings. The van der Waals surface area contributed by atoms with Crippen LogP contribution in [0.5, 0.6) is 0 Å². The van der Waals surface area contributed by atoms with E-state index in [0.717, 1.165) is 6.42 Å². The second-order valence-electron chi connectivity index (χ2n) is 3.99. The first-order valence-electron chi connectivity index (χ1n) is 4.96. The number of hydrogen-bond donors (Lipinski definition) is 2. The number of halogens is 2. The third kappa shape index (κ3) is 5.66. The monoisotopic (exact) mass is 266 g/mol. The summed E-state index contributed by atoms with van der Waals surface area (Å²) in [5.41, 5.74) is 6.51. The fourth-order valence-corrected chi connectivity index (χ4v) is 1.44. The lowest BCUT2D eigenvalue weighted by atomic mass is 9.98. The zero-order valence-corrected chi connectivity index (χ0v) is 11.2. The molecule has 3 N–H and O–H groups in total. The molecule has 0 saturated carbocycles. The van der Waals surface area contributed by atoms with E-state index in [0.29, 0.717) is 11.6 Å². The van der Waals surface area contributed by atoms with E-state index < -0.39 is 6.10 Å². The van der Waals surface area contributed by atoms with Crippen molar-refractivity contribution in [3.8, 4) is 0 Å². The smallest absolute Gasteiger partial charge is 0.111 e. The molecule has 0 amide bonds. The van der Waals surface area contributed by atoms with Crippen LogP contribution >= 0.6 is 24.8 Å². The normalized spacial score (nSPS) is 13.6. The quantitative estimate of drug-likeness (QED) is 0.880. The van der Waals surface area contributed by atoms with Crippen LogP contribution in [-0.2, 0) is 0 Å². The first kappa shape index (κ1) is 18.0. The van der Waals surface area contributed by atoms with Gasteiger partial charge in [-0.3, -0.25) is 4.98 Å². The molecule has 0 radical (unpaired) electrons. The first-order valence-corrected chi connectivity index (χ1v) is 4.96. The van der Waals surface area contributed by atoms with Gasteiger partial charge in [0.05, 0.1) is 5.69 Å². The summed E-state index contributed by atoms with van der Waals surface area (Å²) in [7, 11) is 0. The molecule has 1 aromatic heterocycles. The Bertz CT molecular complexity index is 270. The minimum atomic E-state index is -0.654. The van der Waals surface area contributed by atoms with Gasteiger partial charge in [0, 0.05) is 12.2 Å². The van der Waals surface area contributed by atoms with Crippen molar-refractivity contribution in [2.75, 3.05) is 0 Å². The van der Waals surface area contributed by atoms with Crippen molar-refractivity contribution in [3.63, 3.8) is 0 Å². The zero-order valence-electron chi connectivity index (χ0n) is 9.54. The van der Waals surface area contributed by atoms with Crippen LogP contribution in [0.4, 0.5) is 0 Å². The van der Waals surface area contributed by atoms with E-state index in [1.807, 2.05) is 12.1 Å².